The lowest BCUT2D eigenvalue weighted by molar-refractivity contribution is -0.126. The van der Waals surface area contributed by atoms with E-state index >= 15 is 0 Å². The Morgan fingerprint density at radius 3 is 2.57 bits per heavy atom. The van der Waals surface area contributed by atoms with E-state index in [0.717, 1.165) is 10.0 Å². The Kier molecular flexibility index (Phi) is 6.31. The van der Waals surface area contributed by atoms with E-state index in [0.29, 0.717) is 10.7 Å². The van der Waals surface area contributed by atoms with Crippen molar-refractivity contribution in [2.24, 2.45) is 5.10 Å². The Labute approximate surface area is 146 Å². The molecular weight excluding hydrogens is 382 g/mol. The molecule has 2 amide bonds. The van der Waals surface area contributed by atoms with Crippen molar-refractivity contribution in [3.63, 3.8) is 0 Å². The second kappa shape index (κ2) is 8.45. The fourth-order valence-electron chi connectivity index (χ4n) is 1.68. The van der Waals surface area contributed by atoms with Crippen LogP contribution in [-0.2, 0) is 9.59 Å². The third-order valence-electron chi connectivity index (χ3n) is 2.70. The summed E-state index contributed by atoms with van der Waals surface area (Å²) in [7, 11) is 0. The molecule has 2 aromatic rings. The Bertz CT molecular complexity index is 732. The molecule has 0 saturated heterocycles. The molecule has 118 valence electrons. The topological polar surface area (TPSA) is 70.6 Å². The molecule has 2 N–H and O–H groups in total. The van der Waals surface area contributed by atoms with Crippen LogP contribution in [-0.4, -0.2) is 18.0 Å². The number of hydrogen-bond donors (Lipinski definition) is 2. The molecule has 0 unspecified atom stereocenters. The maximum atomic E-state index is 11.7. The molecule has 0 spiro atoms. The van der Waals surface area contributed by atoms with E-state index in [1.807, 2.05) is 24.3 Å². The van der Waals surface area contributed by atoms with Crippen molar-refractivity contribution in [2.75, 3.05) is 5.32 Å². The fraction of sp³-hybridized carbons (Fsp3) is 0.0625. The Morgan fingerprint density at radius 2 is 1.87 bits per heavy atom. The lowest BCUT2D eigenvalue weighted by Gasteiger charge is -2.04. The number of benzene rings is 2. The zero-order valence-corrected chi connectivity index (χ0v) is 14.3. The summed E-state index contributed by atoms with van der Waals surface area (Å²) < 4.78 is 0.955. The third-order valence-corrected chi connectivity index (χ3v) is 3.47. The summed E-state index contributed by atoms with van der Waals surface area (Å²) in [4.78, 5) is 23.4. The third kappa shape index (κ3) is 6.22. The molecule has 2 rings (SSSR count). The van der Waals surface area contributed by atoms with Crippen LogP contribution in [0.15, 0.2) is 58.1 Å². The molecule has 0 bridgehead atoms. The number of carbonyl (C=O) groups excluding carboxylic acids is 2. The van der Waals surface area contributed by atoms with Crippen molar-refractivity contribution in [2.45, 2.75) is 6.42 Å². The quantitative estimate of drug-likeness (QED) is 0.462. The molecule has 0 heterocycles. The maximum absolute atomic E-state index is 11.7. The van der Waals surface area contributed by atoms with Gasteiger partial charge in [-0.1, -0.05) is 45.7 Å². The molecule has 0 fully saturated rings. The molecule has 0 aliphatic carbocycles. The molecular formula is C16H13BrClN3O2. The molecule has 2 aromatic carbocycles. The molecule has 0 aromatic heterocycles. The maximum Gasteiger partial charge on any atom is 0.249 e. The van der Waals surface area contributed by atoms with E-state index in [4.69, 9.17) is 11.6 Å². The van der Waals surface area contributed by atoms with Crippen LogP contribution in [0.1, 0.15) is 12.0 Å². The second-order valence-electron chi connectivity index (χ2n) is 4.58. The average Bonchev–Trinajstić information content (AvgIpc) is 2.49. The summed E-state index contributed by atoms with van der Waals surface area (Å²) in [6, 6.07) is 14.1. The Morgan fingerprint density at radius 1 is 1.13 bits per heavy atom. The van der Waals surface area contributed by atoms with Crippen molar-refractivity contribution in [3.05, 3.63) is 63.6 Å². The van der Waals surface area contributed by atoms with Crippen molar-refractivity contribution >= 4 is 51.2 Å². The number of nitrogens with zero attached hydrogens (tertiary/aromatic N) is 1. The molecule has 0 radical (unpaired) electrons. The van der Waals surface area contributed by atoms with Gasteiger partial charge in [0.05, 0.1) is 6.21 Å². The first-order valence-corrected chi connectivity index (χ1v) is 7.83. The molecule has 5 nitrogen and oxygen atoms in total. The second-order valence-corrected chi connectivity index (χ2v) is 5.93. The number of carbonyl (C=O) groups is 2. The Balaban J connectivity index is 1.80. The van der Waals surface area contributed by atoms with Crippen LogP contribution >= 0.6 is 27.5 Å². The van der Waals surface area contributed by atoms with Gasteiger partial charge in [-0.15, -0.1) is 0 Å². The van der Waals surface area contributed by atoms with Gasteiger partial charge in [-0.05, 0) is 35.9 Å². The van der Waals surface area contributed by atoms with Crippen LogP contribution < -0.4 is 10.7 Å². The van der Waals surface area contributed by atoms with Gasteiger partial charge < -0.3 is 5.32 Å². The van der Waals surface area contributed by atoms with Gasteiger partial charge in [0.1, 0.15) is 6.42 Å². The predicted molar refractivity (Wildman–Crippen MR) is 94.6 cm³/mol. The number of halogens is 2. The smallest absolute Gasteiger partial charge is 0.249 e. The molecule has 0 atom stereocenters. The molecule has 0 aliphatic heterocycles. The van der Waals surface area contributed by atoms with E-state index in [1.54, 1.807) is 24.3 Å². The summed E-state index contributed by atoms with van der Waals surface area (Å²) in [5, 5.41) is 6.90. The highest BCUT2D eigenvalue weighted by Gasteiger charge is 2.09. The molecule has 0 saturated carbocycles. The summed E-state index contributed by atoms with van der Waals surface area (Å²) in [5.41, 5.74) is 3.67. The van der Waals surface area contributed by atoms with E-state index in [9.17, 15) is 9.59 Å². The first kappa shape index (κ1) is 17.2. The van der Waals surface area contributed by atoms with Crippen molar-refractivity contribution < 1.29 is 9.59 Å². The number of hydrazone groups is 1. The van der Waals surface area contributed by atoms with Gasteiger partial charge in [0.2, 0.25) is 11.8 Å². The predicted octanol–water partition coefficient (Wildman–Crippen LogP) is 3.58. The minimum absolute atomic E-state index is 0.329. The lowest BCUT2D eigenvalue weighted by Crippen LogP contribution is -2.24. The summed E-state index contributed by atoms with van der Waals surface area (Å²) in [5.74, 6) is -0.943. The van der Waals surface area contributed by atoms with Gasteiger partial charge in [-0.3, -0.25) is 9.59 Å². The van der Waals surface area contributed by atoms with E-state index in [-0.39, 0.29) is 6.42 Å². The van der Waals surface area contributed by atoms with Crippen LogP contribution in [0.4, 0.5) is 5.69 Å². The largest absolute Gasteiger partial charge is 0.326 e. The van der Waals surface area contributed by atoms with Crippen LogP contribution in [0, 0.1) is 0 Å². The van der Waals surface area contributed by atoms with Crippen LogP contribution in [0.5, 0.6) is 0 Å². The SMILES string of the molecule is O=C(CC(=O)Nc1cccc(Cl)c1)N/N=C\c1ccc(Br)cc1. The minimum Gasteiger partial charge on any atom is -0.326 e. The van der Waals surface area contributed by atoms with Crippen molar-refractivity contribution in [1.29, 1.82) is 0 Å². The van der Waals surface area contributed by atoms with Gasteiger partial charge in [0.25, 0.3) is 0 Å². The number of amides is 2. The monoisotopic (exact) mass is 393 g/mol. The van der Waals surface area contributed by atoms with E-state index in [1.165, 1.54) is 6.21 Å². The highest BCUT2D eigenvalue weighted by atomic mass is 79.9. The highest BCUT2D eigenvalue weighted by Crippen LogP contribution is 2.14. The van der Waals surface area contributed by atoms with Gasteiger partial charge in [-0.25, -0.2) is 5.43 Å². The van der Waals surface area contributed by atoms with Crippen LogP contribution in [0.25, 0.3) is 0 Å². The van der Waals surface area contributed by atoms with Gasteiger partial charge in [0, 0.05) is 15.2 Å². The van der Waals surface area contributed by atoms with E-state index < -0.39 is 11.8 Å². The summed E-state index contributed by atoms with van der Waals surface area (Å²) >= 11 is 9.15. The average molecular weight is 395 g/mol. The molecule has 7 heteroatoms. The Hall–Kier alpha value is -2.18. The zero-order chi connectivity index (χ0) is 16.7. The number of hydrogen-bond acceptors (Lipinski definition) is 3. The zero-order valence-electron chi connectivity index (χ0n) is 11.9. The minimum atomic E-state index is -0.502. The van der Waals surface area contributed by atoms with E-state index in [2.05, 4.69) is 31.8 Å². The summed E-state index contributed by atoms with van der Waals surface area (Å²) in [6.07, 6.45) is 1.17. The van der Waals surface area contributed by atoms with Crippen LogP contribution in [0.2, 0.25) is 5.02 Å². The highest BCUT2D eigenvalue weighted by molar-refractivity contribution is 9.10. The first-order valence-electron chi connectivity index (χ1n) is 6.66. The number of rotatable bonds is 5. The standard InChI is InChI=1S/C16H13BrClN3O2/c17-12-6-4-11(5-7-12)10-19-21-16(23)9-15(22)20-14-3-1-2-13(18)8-14/h1-8,10H,9H2,(H,20,22)(H,21,23)/b19-10-. The van der Waals surface area contributed by atoms with Crippen LogP contribution in [0.3, 0.4) is 0 Å². The molecule has 23 heavy (non-hydrogen) atoms. The first-order chi connectivity index (χ1) is 11.0. The van der Waals surface area contributed by atoms with Gasteiger partial charge in [-0.2, -0.15) is 5.10 Å². The normalized spacial score (nSPS) is 10.5. The van der Waals surface area contributed by atoms with Crippen molar-refractivity contribution in [3.8, 4) is 0 Å². The number of nitrogens with one attached hydrogen (secondary N) is 2. The van der Waals surface area contributed by atoms with Crippen molar-refractivity contribution in [1.82, 2.24) is 5.43 Å². The molecule has 0 aliphatic rings. The number of anilines is 1. The van der Waals surface area contributed by atoms with Gasteiger partial charge >= 0.3 is 0 Å². The fourth-order valence-corrected chi connectivity index (χ4v) is 2.14. The summed E-state index contributed by atoms with van der Waals surface area (Å²) in [6.45, 7) is 0. The van der Waals surface area contributed by atoms with Gasteiger partial charge in [0.15, 0.2) is 0 Å². The lowest BCUT2D eigenvalue weighted by atomic mass is 10.2.